The summed E-state index contributed by atoms with van der Waals surface area (Å²) in [5, 5.41) is 11.4. The van der Waals surface area contributed by atoms with Gasteiger partial charge in [-0.1, -0.05) is 30.3 Å². The molecule has 3 heterocycles. The lowest BCUT2D eigenvalue weighted by Crippen LogP contribution is -2.47. The van der Waals surface area contributed by atoms with Crippen LogP contribution in [-0.2, 0) is 16.1 Å². The van der Waals surface area contributed by atoms with Gasteiger partial charge >= 0.3 is 0 Å². The Morgan fingerprint density at radius 2 is 2.06 bits per heavy atom. The van der Waals surface area contributed by atoms with Crippen LogP contribution in [-0.4, -0.2) is 57.9 Å². The Morgan fingerprint density at radius 3 is 2.83 bits per heavy atom. The number of H-pyrrole nitrogens is 1. The molecule has 1 unspecified atom stereocenters. The molecule has 2 aromatic carbocycles. The number of anilines is 1. The van der Waals surface area contributed by atoms with Crippen LogP contribution in [0.2, 0.25) is 0 Å². The molecular weight excluding hydrogens is 442 g/mol. The van der Waals surface area contributed by atoms with Crippen molar-refractivity contribution in [1.82, 2.24) is 20.1 Å². The molecule has 1 atom stereocenters. The van der Waals surface area contributed by atoms with Gasteiger partial charge in [0.25, 0.3) is 5.91 Å². The first kappa shape index (κ1) is 23.0. The van der Waals surface area contributed by atoms with Crippen molar-refractivity contribution in [2.75, 3.05) is 25.0 Å². The minimum Gasteiger partial charge on any atom is -0.475 e. The Balaban J connectivity index is 1.28. The summed E-state index contributed by atoms with van der Waals surface area (Å²) in [4.78, 5) is 19.6. The number of hydrogen-bond acceptors (Lipinski definition) is 6. The molecule has 8 heteroatoms. The summed E-state index contributed by atoms with van der Waals surface area (Å²) in [6, 6.07) is 19.7. The van der Waals surface area contributed by atoms with E-state index in [-0.39, 0.29) is 12.0 Å². The van der Waals surface area contributed by atoms with E-state index in [0.717, 1.165) is 35.2 Å². The van der Waals surface area contributed by atoms with Crippen molar-refractivity contribution in [3.8, 4) is 17.1 Å². The number of amides is 1. The quantitative estimate of drug-likeness (QED) is 0.419. The number of aromatic amines is 1. The Bertz CT molecular complexity index is 1290. The maximum absolute atomic E-state index is 13.0. The fourth-order valence-corrected chi connectivity index (χ4v) is 4.21. The molecule has 1 amide bonds. The summed E-state index contributed by atoms with van der Waals surface area (Å²) < 4.78 is 11.4. The van der Waals surface area contributed by atoms with Gasteiger partial charge in [-0.05, 0) is 43.7 Å². The fourth-order valence-electron chi connectivity index (χ4n) is 4.21. The predicted octanol–water partition coefficient (Wildman–Crippen LogP) is 4.25. The molecule has 1 aliphatic heterocycles. The summed E-state index contributed by atoms with van der Waals surface area (Å²) in [6.07, 6.45) is 1.28. The van der Waals surface area contributed by atoms with Gasteiger partial charge in [-0.15, -0.1) is 0 Å². The van der Waals surface area contributed by atoms with Crippen molar-refractivity contribution in [1.29, 1.82) is 0 Å². The molecule has 1 saturated heterocycles. The van der Waals surface area contributed by atoms with Crippen LogP contribution in [0, 0.1) is 0 Å². The molecule has 0 radical (unpaired) electrons. The molecule has 2 aromatic heterocycles. The van der Waals surface area contributed by atoms with E-state index in [9.17, 15) is 4.79 Å². The van der Waals surface area contributed by atoms with Crippen molar-refractivity contribution < 1.29 is 14.3 Å². The molecule has 0 bridgehead atoms. The van der Waals surface area contributed by atoms with Crippen LogP contribution >= 0.6 is 0 Å². The van der Waals surface area contributed by atoms with Gasteiger partial charge in [0.15, 0.2) is 0 Å². The number of morpholine rings is 1. The molecule has 0 spiro atoms. The molecule has 1 fully saturated rings. The zero-order valence-corrected chi connectivity index (χ0v) is 19.9. The second-order valence-corrected chi connectivity index (χ2v) is 8.95. The van der Waals surface area contributed by atoms with Gasteiger partial charge in [0.1, 0.15) is 11.8 Å². The minimum absolute atomic E-state index is 0.0595. The predicted molar refractivity (Wildman–Crippen MR) is 135 cm³/mol. The van der Waals surface area contributed by atoms with Crippen LogP contribution in [0.25, 0.3) is 22.2 Å². The average molecular weight is 472 g/mol. The van der Waals surface area contributed by atoms with Crippen molar-refractivity contribution in [2.24, 2.45) is 0 Å². The van der Waals surface area contributed by atoms with E-state index in [0.29, 0.717) is 24.7 Å². The van der Waals surface area contributed by atoms with E-state index in [2.05, 4.69) is 37.5 Å². The van der Waals surface area contributed by atoms with Crippen LogP contribution in [0.1, 0.15) is 19.4 Å². The van der Waals surface area contributed by atoms with Crippen molar-refractivity contribution in [2.45, 2.75) is 32.6 Å². The summed E-state index contributed by atoms with van der Waals surface area (Å²) in [5.41, 5.74) is 4.43. The molecule has 2 N–H and O–H groups in total. The van der Waals surface area contributed by atoms with Crippen molar-refractivity contribution in [3.05, 3.63) is 72.4 Å². The Kier molecular flexibility index (Phi) is 6.74. The lowest BCUT2D eigenvalue weighted by atomic mass is 10.1. The minimum atomic E-state index is -0.523. The number of aromatic nitrogens is 3. The van der Waals surface area contributed by atoms with Gasteiger partial charge in [0.05, 0.1) is 18.2 Å². The Labute approximate surface area is 204 Å². The number of rotatable bonds is 7. The normalized spacial score (nSPS) is 16.5. The lowest BCUT2D eigenvalue weighted by Gasteiger charge is -2.32. The molecule has 4 aromatic rings. The first-order chi connectivity index (χ1) is 17.0. The molecule has 0 aliphatic carbocycles. The molecule has 0 saturated carbocycles. The largest absolute Gasteiger partial charge is 0.475 e. The summed E-state index contributed by atoms with van der Waals surface area (Å²) >= 11 is 0. The van der Waals surface area contributed by atoms with Crippen molar-refractivity contribution >= 4 is 22.5 Å². The molecule has 8 nitrogen and oxygen atoms in total. The maximum atomic E-state index is 13.0. The molecule has 35 heavy (non-hydrogen) atoms. The number of benzene rings is 2. The van der Waals surface area contributed by atoms with E-state index >= 15 is 0 Å². The highest BCUT2D eigenvalue weighted by Gasteiger charge is 2.27. The SMILES string of the molecule is CC(C)Oc1ccc(-c2n[nH]c3ccc(NC(=O)C4CN(Cc5ccccc5)CCO4)cc23)cn1. The third-order valence-electron chi connectivity index (χ3n) is 5.89. The topological polar surface area (TPSA) is 92.4 Å². The highest BCUT2D eigenvalue weighted by atomic mass is 16.5. The highest BCUT2D eigenvalue weighted by molar-refractivity contribution is 5.99. The van der Waals surface area contributed by atoms with Crippen LogP contribution in [0.15, 0.2) is 66.9 Å². The van der Waals surface area contributed by atoms with E-state index in [1.54, 1.807) is 6.20 Å². The second-order valence-electron chi connectivity index (χ2n) is 8.95. The van der Waals surface area contributed by atoms with Crippen LogP contribution < -0.4 is 10.1 Å². The van der Waals surface area contributed by atoms with E-state index in [1.165, 1.54) is 5.56 Å². The standard InChI is InChI=1S/C27H29N5O3/c1-18(2)35-25-11-8-20(15-28-25)26-22-14-21(9-10-23(22)30-31-26)29-27(33)24-17-32(12-13-34-24)16-19-6-4-3-5-7-19/h3-11,14-15,18,24H,12-13,16-17H2,1-2H3,(H,29,33)(H,30,31). The molecule has 1 aliphatic rings. The van der Waals surface area contributed by atoms with Gasteiger partial charge in [-0.3, -0.25) is 14.8 Å². The second kappa shape index (κ2) is 10.2. The maximum Gasteiger partial charge on any atom is 0.254 e. The average Bonchev–Trinajstić information content (AvgIpc) is 3.28. The van der Waals surface area contributed by atoms with Gasteiger partial charge in [-0.25, -0.2) is 4.98 Å². The molecule has 5 rings (SSSR count). The summed E-state index contributed by atoms with van der Waals surface area (Å²) in [6.45, 7) is 6.61. The first-order valence-corrected chi connectivity index (χ1v) is 11.8. The van der Waals surface area contributed by atoms with Crippen LogP contribution in [0.5, 0.6) is 5.88 Å². The van der Waals surface area contributed by atoms with E-state index in [1.807, 2.05) is 62.4 Å². The Hall–Kier alpha value is -3.75. The van der Waals surface area contributed by atoms with Crippen LogP contribution in [0.4, 0.5) is 5.69 Å². The Morgan fingerprint density at radius 1 is 1.20 bits per heavy atom. The van der Waals surface area contributed by atoms with Crippen molar-refractivity contribution in [3.63, 3.8) is 0 Å². The monoisotopic (exact) mass is 471 g/mol. The van der Waals surface area contributed by atoms with Crippen LogP contribution in [0.3, 0.4) is 0 Å². The van der Waals surface area contributed by atoms with Gasteiger partial charge in [0, 0.05) is 48.5 Å². The fraction of sp³-hybridized carbons (Fsp3) is 0.296. The number of hydrogen-bond donors (Lipinski definition) is 2. The third kappa shape index (κ3) is 5.50. The van der Waals surface area contributed by atoms with E-state index in [4.69, 9.17) is 9.47 Å². The highest BCUT2D eigenvalue weighted by Crippen LogP contribution is 2.29. The number of carbonyl (C=O) groups is 1. The molecule has 180 valence electrons. The first-order valence-electron chi connectivity index (χ1n) is 11.8. The zero-order valence-electron chi connectivity index (χ0n) is 19.9. The zero-order chi connectivity index (χ0) is 24.2. The number of carbonyl (C=O) groups excluding carboxylic acids is 1. The number of nitrogens with zero attached hydrogens (tertiary/aromatic N) is 3. The summed E-state index contributed by atoms with van der Waals surface area (Å²) in [5.74, 6) is 0.425. The van der Waals surface area contributed by atoms with Gasteiger partial charge < -0.3 is 14.8 Å². The molecular formula is C27H29N5O3. The van der Waals surface area contributed by atoms with Gasteiger partial charge in [0.2, 0.25) is 5.88 Å². The number of pyridine rings is 1. The third-order valence-corrected chi connectivity index (χ3v) is 5.89. The van der Waals surface area contributed by atoms with Gasteiger partial charge in [-0.2, -0.15) is 5.10 Å². The number of ether oxygens (including phenoxy) is 2. The van der Waals surface area contributed by atoms with E-state index < -0.39 is 6.10 Å². The number of nitrogens with one attached hydrogen (secondary N) is 2. The number of fused-ring (bicyclic) bond motifs is 1. The summed E-state index contributed by atoms with van der Waals surface area (Å²) in [7, 11) is 0. The smallest absolute Gasteiger partial charge is 0.254 e. The lowest BCUT2D eigenvalue weighted by molar-refractivity contribution is -0.133.